The second kappa shape index (κ2) is 13.1. The summed E-state index contributed by atoms with van der Waals surface area (Å²) in [6, 6.07) is 0. The Morgan fingerprint density at radius 3 is 1.95 bits per heavy atom. The number of rotatable bonds is 13. The third kappa shape index (κ3) is 13.5. The third-order valence-electron chi connectivity index (χ3n) is 3.34. The van der Waals surface area contributed by atoms with Crippen molar-refractivity contribution in [2.75, 3.05) is 6.61 Å². The quantitative estimate of drug-likeness (QED) is 0.416. The van der Waals surface area contributed by atoms with E-state index in [0.717, 1.165) is 32.1 Å². The molecule has 0 aliphatic carbocycles. The molecule has 0 aromatic heterocycles. The second-order valence-corrected chi connectivity index (χ2v) is 5.46. The molecule has 0 radical (unpaired) electrons. The lowest BCUT2D eigenvalue weighted by Gasteiger charge is -2.16. The number of esters is 1. The van der Waals surface area contributed by atoms with E-state index in [9.17, 15) is 9.59 Å². The Kier molecular flexibility index (Phi) is 12.5. The molecule has 0 aromatic carbocycles. The Bertz CT molecular complexity index is 263. The Hall–Kier alpha value is -0.900. The minimum atomic E-state index is -0.262. The van der Waals surface area contributed by atoms with Crippen molar-refractivity contribution in [3.8, 4) is 0 Å². The zero-order valence-electron chi connectivity index (χ0n) is 13.0. The molecule has 4 nitrogen and oxygen atoms in total. The van der Waals surface area contributed by atoms with E-state index in [1.807, 2.05) is 0 Å². The fourth-order valence-corrected chi connectivity index (χ4v) is 2.23. The van der Waals surface area contributed by atoms with E-state index in [2.05, 4.69) is 0 Å². The predicted molar refractivity (Wildman–Crippen MR) is 79.5 cm³/mol. The maximum Gasteiger partial charge on any atom is 0.302 e. The normalized spacial score (nSPS) is 12.2. The molecular formula is C16H30O4. The lowest BCUT2D eigenvalue weighted by molar-refractivity contribution is -0.147. The van der Waals surface area contributed by atoms with Crippen LogP contribution in [0.5, 0.6) is 0 Å². The number of aliphatic hydroxyl groups is 1. The SMILES string of the molecule is CC(=O)CCC(CCCCCCCCCO)OC(C)=O. The molecule has 4 heteroatoms. The smallest absolute Gasteiger partial charge is 0.302 e. The number of hydrogen-bond donors (Lipinski definition) is 1. The number of hydrogen-bond acceptors (Lipinski definition) is 4. The average Bonchev–Trinajstić information content (AvgIpc) is 2.38. The van der Waals surface area contributed by atoms with Crippen molar-refractivity contribution in [1.29, 1.82) is 0 Å². The molecule has 0 aliphatic rings. The fourth-order valence-electron chi connectivity index (χ4n) is 2.23. The first-order chi connectivity index (χ1) is 9.56. The first-order valence-corrected chi connectivity index (χ1v) is 7.83. The van der Waals surface area contributed by atoms with Crippen molar-refractivity contribution in [3.05, 3.63) is 0 Å². The van der Waals surface area contributed by atoms with Gasteiger partial charge < -0.3 is 14.6 Å². The van der Waals surface area contributed by atoms with E-state index in [-0.39, 0.29) is 17.9 Å². The van der Waals surface area contributed by atoms with Crippen molar-refractivity contribution in [2.24, 2.45) is 0 Å². The molecule has 0 saturated carbocycles. The number of ether oxygens (including phenoxy) is 1. The lowest BCUT2D eigenvalue weighted by Crippen LogP contribution is -2.17. The molecule has 1 N–H and O–H groups in total. The van der Waals surface area contributed by atoms with Crippen LogP contribution in [0.15, 0.2) is 0 Å². The molecule has 1 atom stereocenters. The van der Waals surface area contributed by atoms with Crippen molar-refractivity contribution < 1.29 is 19.4 Å². The van der Waals surface area contributed by atoms with Crippen molar-refractivity contribution >= 4 is 11.8 Å². The van der Waals surface area contributed by atoms with Gasteiger partial charge in [0.25, 0.3) is 0 Å². The minimum Gasteiger partial charge on any atom is -0.463 e. The molecule has 0 saturated heterocycles. The number of carbonyl (C=O) groups is 2. The molecule has 1 unspecified atom stereocenters. The maximum absolute atomic E-state index is 11.0. The topological polar surface area (TPSA) is 63.6 Å². The van der Waals surface area contributed by atoms with Crippen LogP contribution in [-0.2, 0) is 14.3 Å². The highest BCUT2D eigenvalue weighted by molar-refractivity contribution is 5.75. The van der Waals surface area contributed by atoms with Crippen LogP contribution >= 0.6 is 0 Å². The average molecular weight is 286 g/mol. The van der Waals surface area contributed by atoms with E-state index in [0.29, 0.717) is 19.4 Å². The van der Waals surface area contributed by atoms with Gasteiger partial charge in [-0.15, -0.1) is 0 Å². The van der Waals surface area contributed by atoms with Crippen LogP contribution in [-0.4, -0.2) is 29.6 Å². The van der Waals surface area contributed by atoms with Gasteiger partial charge in [-0.1, -0.05) is 32.1 Å². The predicted octanol–water partition coefficient (Wildman–Crippen LogP) is 3.40. The lowest BCUT2D eigenvalue weighted by atomic mass is 10.0. The van der Waals surface area contributed by atoms with Crippen molar-refractivity contribution in [3.63, 3.8) is 0 Å². The number of Topliss-reactive ketones (excluding diaryl/α,β-unsaturated/α-hetero) is 1. The van der Waals surface area contributed by atoms with E-state index < -0.39 is 0 Å². The Balaban J connectivity index is 3.62. The highest BCUT2D eigenvalue weighted by Crippen LogP contribution is 2.15. The summed E-state index contributed by atoms with van der Waals surface area (Å²) in [4.78, 5) is 22.0. The molecule has 0 aliphatic heterocycles. The summed E-state index contributed by atoms with van der Waals surface area (Å²) in [7, 11) is 0. The first kappa shape index (κ1) is 19.1. The van der Waals surface area contributed by atoms with Crippen LogP contribution in [0.25, 0.3) is 0 Å². The van der Waals surface area contributed by atoms with Gasteiger partial charge in [0.15, 0.2) is 0 Å². The van der Waals surface area contributed by atoms with Crippen molar-refractivity contribution in [1.82, 2.24) is 0 Å². The summed E-state index contributed by atoms with van der Waals surface area (Å²) in [5.74, 6) is -0.117. The second-order valence-electron chi connectivity index (χ2n) is 5.46. The molecule has 0 rings (SSSR count). The van der Waals surface area contributed by atoms with Gasteiger partial charge in [-0.3, -0.25) is 4.79 Å². The molecule has 0 fully saturated rings. The van der Waals surface area contributed by atoms with Gasteiger partial charge in [-0.2, -0.15) is 0 Å². The van der Waals surface area contributed by atoms with Gasteiger partial charge in [0.2, 0.25) is 0 Å². The van der Waals surface area contributed by atoms with Crippen LogP contribution < -0.4 is 0 Å². The number of aliphatic hydroxyl groups excluding tert-OH is 1. The molecule has 0 spiro atoms. The van der Waals surface area contributed by atoms with E-state index in [1.54, 1.807) is 6.92 Å². The highest BCUT2D eigenvalue weighted by atomic mass is 16.5. The largest absolute Gasteiger partial charge is 0.463 e. The summed E-state index contributed by atoms with van der Waals surface area (Å²) in [6.07, 6.45) is 9.62. The van der Waals surface area contributed by atoms with E-state index >= 15 is 0 Å². The molecular weight excluding hydrogens is 256 g/mol. The molecule has 0 aromatic rings. The van der Waals surface area contributed by atoms with Gasteiger partial charge in [0.1, 0.15) is 11.9 Å². The van der Waals surface area contributed by atoms with Crippen LogP contribution in [0.2, 0.25) is 0 Å². The minimum absolute atomic E-state index is 0.106. The Morgan fingerprint density at radius 1 is 0.900 bits per heavy atom. The molecule has 118 valence electrons. The standard InChI is InChI=1S/C16H30O4/c1-14(18)11-12-16(20-15(2)19)10-8-6-4-3-5-7-9-13-17/h16-17H,3-13H2,1-2H3. The molecule has 0 amide bonds. The molecule has 20 heavy (non-hydrogen) atoms. The van der Waals surface area contributed by atoms with Gasteiger partial charge in [0.05, 0.1) is 0 Å². The summed E-state index contributed by atoms with van der Waals surface area (Å²) in [6.45, 7) is 3.28. The number of ketones is 1. The zero-order valence-corrected chi connectivity index (χ0v) is 13.0. The molecule has 0 bridgehead atoms. The summed E-state index contributed by atoms with van der Waals surface area (Å²) < 4.78 is 5.24. The van der Waals surface area contributed by atoms with Crippen molar-refractivity contribution in [2.45, 2.75) is 84.2 Å². The number of carbonyl (C=O) groups excluding carboxylic acids is 2. The Labute approximate surface area is 122 Å². The highest BCUT2D eigenvalue weighted by Gasteiger charge is 2.12. The van der Waals surface area contributed by atoms with E-state index in [1.165, 1.54) is 26.2 Å². The van der Waals surface area contributed by atoms with Gasteiger partial charge >= 0.3 is 5.97 Å². The first-order valence-electron chi connectivity index (χ1n) is 7.83. The fraction of sp³-hybridized carbons (Fsp3) is 0.875. The zero-order chi connectivity index (χ0) is 15.2. The van der Waals surface area contributed by atoms with Crippen LogP contribution in [0.1, 0.15) is 78.1 Å². The van der Waals surface area contributed by atoms with Crippen LogP contribution in [0.4, 0.5) is 0 Å². The molecule has 0 heterocycles. The summed E-state index contributed by atoms with van der Waals surface area (Å²) in [5.41, 5.74) is 0. The van der Waals surface area contributed by atoms with Gasteiger partial charge in [-0.25, -0.2) is 0 Å². The van der Waals surface area contributed by atoms with Crippen LogP contribution in [0.3, 0.4) is 0 Å². The van der Waals surface area contributed by atoms with Crippen LogP contribution in [0, 0.1) is 0 Å². The maximum atomic E-state index is 11.0. The summed E-state index contributed by atoms with van der Waals surface area (Å²) in [5, 5.41) is 8.66. The van der Waals surface area contributed by atoms with Gasteiger partial charge in [0, 0.05) is 20.0 Å². The van der Waals surface area contributed by atoms with E-state index in [4.69, 9.17) is 9.84 Å². The summed E-state index contributed by atoms with van der Waals surface area (Å²) >= 11 is 0. The third-order valence-corrected chi connectivity index (χ3v) is 3.34. The number of unbranched alkanes of at least 4 members (excludes halogenated alkanes) is 6. The Morgan fingerprint density at radius 2 is 1.45 bits per heavy atom. The monoisotopic (exact) mass is 286 g/mol. The van der Waals surface area contributed by atoms with Gasteiger partial charge in [-0.05, 0) is 32.6 Å².